The Morgan fingerprint density at radius 1 is 0.900 bits per heavy atom. The summed E-state index contributed by atoms with van der Waals surface area (Å²) < 4.78 is 4.60. The first kappa shape index (κ1) is 24.9. The number of esters is 1. The molecule has 0 bridgehead atoms. The minimum Gasteiger partial charge on any atom is -0.481 e. The molecule has 2 rings (SSSR count). The monoisotopic (exact) mass is 410 g/mol. The third-order valence-electron chi connectivity index (χ3n) is 4.21. The zero-order chi connectivity index (χ0) is 22.0. The van der Waals surface area contributed by atoms with Gasteiger partial charge in [0.15, 0.2) is 0 Å². The van der Waals surface area contributed by atoms with E-state index in [4.69, 9.17) is 10.2 Å². The molecule has 2 aromatic rings. The number of benzene rings is 2. The Bertz CT molecular complexity index is 801. The van der Waals surface area contributed by atoms with E-state index in [-0.39, 0.29) is 19.0 Å². The van der Waals surface area contributed by atoms with E-state index in [1.807, 2.05) is 54.6 Å². The summed E-state index contributed by atoms with van der Waals surface area (Å²) in [5.41, 5.74) is 3.16. The number of rotatable bonds is 9. The molecule has 0 aliphatic rings. The van der Waals surface area contributed by atoms with Gasteiger partial charge in [0.1, 0.15) is 0 Å². The highest BCUT2D eigenvalue weighted by Crippen LogP contribution is 2.07. The predicted octanol–water partition coefficient (Wildman–Crippen LogP) is 4.01. The fraction of sp³-hybridized carbons (Fsp3) is 0.360. The SMILES string of the molecule is COC(=O)CCc1ccc(C#CCCCCO)cc1.O=C(O)CCc1ccccc1. The first-order valence-corrected chi connectivity index (χ1v) is 10.1. The number of hydrogen-bond donors (Lipinski definition) is 2. The highest BCUT2D eigenvalue weighted by molar-refractivity contribution is 5.69. The normalized spacial score (nSPS) is 9.53. The van der Waals surface area contributed by atoms with Crippen LogP contribution in [0.4, 0.5) is 0 Å². The van der Waals surface area contributed by atoms with Crippen LogP contribution >= 0.6 is 0 Å². The number of ether oxygens (including phenoxy) is 1. The number of hydrogen-bond acceptors (Lipinski definition) is 4. The smallest absolute Gasteiger partial charge is 0.305 e. The third kappa shape index (κ3) is 12.4. The number of carboxylic acid groups (broad SMARTS) is 1. The molecule has 0 saturated heterocycles. The summed E-state index contributed by atoms with van der Waals surface area (Å²) in [6.07, 6.45) is 4.48. The zero-order valence-electron chi connectivity index (χ0n) is 17.5. The van der Waals surface area contributed by atoms with Gasteiger partial charge in [-0.3, -0.25) is 9.59 Å². The summed E-state index contributed by atoms with van der Waals surface area (Å²) in [7, 11) is 1.40. The molecule has 5 nitrogen and oxygen atoms in total. The van der Waals surface area contributed by atoms with Crippen LogP contribution in [0.5, 0.6) is 0 Å². The molecule has 30 heavy (non-hydrogen) atoms. The van der Waals surface area contributed by atoms with E-state index in [0.29, 0.717) is 19.3 Å². The maximum Gasteiger partial charge on any atom is 0.305 e. The van der Waals surface area contributed by atoms with Crippen molar-refractivity contribution in [3.63, 3.8) is 0 Å². The van der Waals surface area contributed by atoms with Crippen LogP contribution < -0.4 is 0 Å². The minimum absolute atomic E-state index is 0.187. The molecule has 2 N–H and O–H groups in total. The van der Waals surface area contributed by atoms with Gasteiger partial charge in [0, 0.05) is 31.4 Å². The van der Waals surface area contributed by atoms with Crippen molar-refractivity contribution in [1.82, 2.24) is 0 Å². The van der Waals surface area contributed by atoms with E-state index in [9.17, 15) is 9.59 Å². The first-order valence-electron chi connectivity index (χ1n) is 10.1. The fourth-order valence-corrected chi connectivity index (χ4v) is 2.49. The van der Waals surface area contributed by atoms with Gasteiger partial charge in [0.2, 0.25) is 0 Å². The molecule has 0 spiro atoms. The molecule has 0 atom stereocenters. The zero-order valence-corrected chi connectivity index (χ0v) is 17.5. The Labute approximate surface area is 178 Å². The lowest BCUT2D eigenvalue weighted by Gasteiger charge is -2.00. The number of methoxy groups -OCH3 is 1. The van der Waals surface area contributed by atoms with Crippen molar-refractivity contribution in [2.45, 2.75) is 44.9 Å². The van der Waals surface area contributed by atoms with E-state index in [0.717, 1.165) is 36.0 Å². The van der Waals surface area contributed by atoms with Crippen LogP contribution in [0.3, 0.4) is 0 Å². The molecule has 160 valence electrons. The summed E-state index contributed by atoms with van der Waals surface area (Å²) >= 11 is 0. The summed E-state index contributed by atoms with van der Waals surface area (Å²) in [6, 6.07) is 17.5. The third-order valence-corrected chi connectivity index (χ3v) is 4.21. The number of unbranched alkanes of at least 4 members (excludes halogenated alkanes) is 2. The van der Waals surface area contributed by atoms with Crippen LogP contribution in [0.2, 0.25) is 0 Å². The Hall–Kier alpha value is -3.10. The number of aliphatic hydroxyl groups is 1. The van der Waals surface area contributed by atoms with Crippen molar-refractivity contribution in [3.8, 4) is 11.8 Å². The standard InChI is InChI=1S/C16H20O3.C9H10O2/c1-19-16(18)12-11-15-9-7-14(8-10-15)6-4-2-3-5-13-17;10-9(11)7-6-8-4-2-1-3-5-8/h7-10,17H,2-3,5,11-13H2,1H3;1-5H,6-7H2,(H,10,11). The Morgan fingerprint density at radius 3 is 2.13 bits per heavy atom. The van der Waals surface area contributed by atoms with Gasteiger partial charge in [0.25, 0.3) is 0 Å². The summed E-state index contributed by atoms with van der Waals surface area (Å²) in [5, 5.41) is 17.0. The van der Waals surface area contributed by atoms with Crippen molar-refractivity contribution in [2.24, 2.45) is 0 Å². The van der Waals surface area contributed by atoms with Crippen molar-refractivity contribution in [2.75, 3.05) is 13.7 Å². The molecule has 0 radical (unpaired) electrons. The number of aliphatic carboxylic acids is 1. The fourth-order valence-electron chi connectivity index (χ4n) is 2.49. The molecule has 0 saturated carbocycles. The molecule has 0 unspecified atom stereocenters. The van der Waals surface area contributed by atoms with Crippen LogP contribution in [0.15, 0.2) is 54.6 Å². The lowest BCUT2D eigenvalue weighted by Crippen LogP contribution is -2.01. The molecule has 0 heterocycles. The van der Waals surface area contributed by atoms with Crippen LogP contribution in [0.25, 0.3) is 0 Å². The second-order valence-corrected chi connectivity index (χ2v) is 6.63. The molecule has 0 aromatic heterocycles. The quantitative estimate of drug-likeness (QED) is 0.371. The average Bonchev–Trinajstić information content (AvgIpc) is 2.78. The summed E-state index contributed by atoms with van der Waals surface area (Å²) in [6.45, 7) is 0.233. The molecule has 5 heteroatoms. The lowest BCUT2D eigenvalue weighted by molar-refractivity contribution is -0.140. The molecule has 0 amide bonds. The van der Waals surface area contributed by atoms with E-state index >= 15 is 0 Å². The molecule has 0 aliphatic carbocycles. The molecule has 0 fully saturated rings. The number of aliphatic hydroxyl groups excluding tert-OH is 1. The Morgan fingerprint density at radius 2 is 1.53 bits per heavy atom. The van der Waals surface area contributed by atoms with E-state index < -0.39 is 5.97 Å². The Kier molecular flexibility index (Phi) is 13.1. The second kappa shape index (κ2) is 15.8. The van der Waals surface area contributed by atoms with Gasteiger partial charge >= 0.3 is 11.9 Å². The predicted molar refractivity (Wildman–Crippen MR) is 117 cm³/mol. The largest absolute Gasteiger partial charge is 0.481 e. The summed E-state index contributed by atoms with van der Waals surface area (Å²) in [4.78, 5) is 21.2. The van der Waals surface area contributed by atoms with Crippen LogP contribution in [-0.2, 0) is 27.2 Å². The van der Waals surface area contributed by atoms with Crippen molar-refractivity contribution >= 4 is 11.9 Å². The number of carbonyl (C=O) groups is 2. The highest BCUT2D eigenvalue weighted by atomic mass is 16.5. The van der Waals surface area contributed by atoms with Gasteiger partial charge in [-0.1, -0.05) is 54.3 Å². The van der Waals surface area contributed by atoms with Crippen molar-refractivity contribution in [3.05, 3.63) is 71.3 Å². The highest BCUT2D eigenvalue weighted by Gasteiger charge is 2.01. The van der Waals surface area contributed by atoms with Gasteiger partial charge in [0.05, 0.1) is 7.11 Å². The van der Waals surface area contributed by atoms with Gasteiger partial charge in [-0.25, -0.2) is 0 Å². The molecular formula is C25H30O5. The molecular weight excluding hydrogens is 380 g/mol. The van der Waals surface area contributed by atoms with E-state index in [1.54, 1.807) is 0 Å². The number of aryl methyl sites for hydroxylation is 2. The number of carbonyl (C=O) groups excluding carboxylic acids is 1. The van der Waals surface area contributed by atoms with E-state index in [2.05, 4.69) is 16.6 Å². The Balaban J connectivity index is 0.000000346. The van der Waals surface area contributed by atoms with Crippen LogP contribution in [-0.4, -0.2) is 35.9 Å². The van der Waals surface area contributed by atoms with Crippen LogP contribution in [0.1, 0.15) is 48.8 Å². The van der Waals surface area contributed by atoms with Gasteiger partial charge in [-0.05, 0) is 48.9 Å². The maximum absolute atomic E-state index is 11.0. The van der Waals surface area contributed by atoms with Gasteiger partial charge < -0.3 is 14.9 Å². The van der Waals surface area contributed by atoms with Crippen molar-refractivity contribution in [1.29, 1.82) is 0 Å². The van der Waals surface area contributed by atoms with Gasteiger partial charge in [-0.15, -0.1) is 0 Å². The first-order chi connectivity index (χ1) is 14.5. The minimum atomic E-state index is -0.742. The van der Waals surface area contributed by atoms with E-state index in [1.165, 1.54) is 7.11 Å². The second-order valence-electron chi connectivity index (χ2n) is 6.63. The van der Waals surface area contributed by atoms with Crippen LogP contribution in [0, 0.1) is 11.8 Å². The lowest BCUT2D eigenvalue weighted by atomic mass is 10.1. The maximum atomic E-state index is 11.0. The molecule has 2 aromatic carbocycles. The van der Waals surface area contributed by atoms with Gasteiger partial charge in [-0.2, -0.15) is 0 Å². The number of carboxylic acids is 1. The van der Waals surface area contributed by atoms with Crippen molar-refractivity contribution < 1.29 is 24.5 Å². The topological polar surface area (TPSA) is 83.8 Å². The average molecular weight is 411 g/mol. The summed E-state index contributed by atoms with van der Waals surface area (Å²) in [5.74, 6) is 5.23. The molecule has 0 aliphatic heterocycles.